The summed E-state index contributed by atoms with van der Waals surface area (Å²) in [6.45, 7) is 2.64. The van der Waals surface area contributed by atoms with Gasteiger partial charge in [-0.25, -0.2) is 0 Å². The minimum atomic E-state index is 0.143. The summed E-state index contributed by atoms with van der Waals surface area (Å²) in [5, 5.41) is 6.26. The van der Waals surface area contributed by atoms with Crippen molar-refractivity contribution in [2.45, 2.75) is 19.3 Å². The Morgan fingerprint density at radius 3 is 2.81 bits per heavy atom. The van der Waals surface area contributed by atoms with E-state index in [-0.39, 0.29) is 5.91 Å². The number of benzene rings is 1. The molecule has 1 amide bonds. The first-order valence-electron chi connectivity index (χ1n) is 7.41. The molecule has 0 unspecified atom stereocenters. The molecule has 1 aliphatic rings. The molecule has 0 aromatic heterocycles. The van der Waals surface area contributed by atoms with Crippen molar-refractivity contribution in [2.75, 3.05) is 33.9 Å². The van der Waals surface area contributed by atoms with E-state index in [0.717, 1.165) is 43.0 Å². The predicted molar refractivity (Wildman–Crippen MR) is 81.9 cm³/mol. The Morgan fingerprint density at radius 1 is 1.33 bits per heavy atom. The molecule has 21 heavy (non-hydrogen) atoms. The number of methoxy groups -OCH3 is 2. The summed E-state index contributed by atoms with van der Waals surface area (Å²) < 4.78 is 10.5. The van der Waals surface area contributed by atoms with E-state index in [4.69, 9.17) is 9.47 Å². The average molecular weight is 292 g/mol. The van der Waals surface area contributed by atoms with E-state index in [1.165, 1.54) is 0 Å². The van der Waals surface area contributed by atoms with Crippen LogP contribution in [-0.4, -0.2) is 39.8 Å². The lowest BCUT2D eigenvalue weighted by molar-refractivity contribution is -0.121. The Kier molecular flexibility index (Phi) is 5.87. The number of hydrogen-bond acceptors (Lipinski definition) is 4. The molecular weight excluding hydrogens is 268 g/mol. The van der Waals surface area contributed by atoms with Crippen LogP contribution < -0.4 is 20.1 Å². The first-order valence-corrected chi connectivity index (χ1v) is 7.41. The van der Waals surface area contributed by atoms with Gasteiger partial charge in [0.2, 0.25) is 5.91 Å². The Balaban J connectivity index is 1.76. The second-order valence-electron chi connectivity index (χ2n) is 5.35. The van der Waals surface area contributed by atoms with Gasteiger partial charge in [-0.05, 0) is 49.5 Å². The van der Waals surface area contributed by atoms with Crippen LogP contribution in [-0.2, 0) is 11.2 Å². The van der Waals surface area contributed by atoms with E-state index in [0.29, 0.717) is 18.9 Å². The fourth-order valence-corrected chi connectivity index (χ4v) is 2.61. The van der Waals surface area contributed by atoms with Crippen molar-refractivity contribution in [1.82, 2.24) is 10.6 Å². The van der Waals surface area contributed by atoms with Crippen LogP contribution in [0.5, 0.6) is 11.5 Å². The van der Waals surface area contributed by atoms with E-state index in [1.807, 2.05) is 18.2 Å². The summed E-state index contributed by atoms with van der Waals surface area (Å²) in [5.41, 5.74) is 1.12. The maximum Gasteiger partial charge on any atom is 0.220 e. The number of rotatable bonds is 7. The van der Waals surface area contributed by atoms with E-state index < -0.39 is 0 Å². The Labute approximate surface area is 126 Å². The highest BCUT2D eigenvalue weighted by Crippen LogP contribution is 2.27. The van der Waals surface area contributed by atoms with Crippen molar-refractivity contribution in [3.63, 3.8) is 0 Å². The van der Waals surface area contributed by atoms with Gasteiger partial charge in [-0.15, -0.1) is 0 Å². The summed E-state index contributed by atoms with van der Waals surface area (Å²) >= 11 is 0. The van der Waals surface area contributed by atoms with Gasteiger partial charge in [0.15, 0.2) is 11.5 Å². The molecule has 1 aliphatic heterocycles. The summed E-state index contributed by atoms with van der Waals surface area (Å²) in [4.78, 5) is 11.8. The van der Waals surface area contributed by atoms with Crippen molar-refractivity contribution in [3.05, 3.63) is 23.8 Å². The first kappa shape index (κ1) is 15.6. The van der Waals surface area contributed by atoms with Crippen LogP contribution in [0.3, 0.4) is 0 Å². The van der Waals surface area contributed by atoms with Crippen molar-refractivity contribution >= 4 is 5.91 Å². The number of nitrogens with one attached hydrogen (secondary N) is 2. The molecule has 2 rings (SSSR count). The SMILES string of the molecule is COc1ccc(CCNC(=O)C[C@H]2CCNC2)cc1OC. The zero-order valence-corrected chi connectivity index (χ0v) is 12.8. The molecule has 1 atom stereocenters. The van der Waals surface area contributed by atoms with Crippen LogP contribution in [0.2, 0.25) is 0 Å². The average Bonchev–Trinajstić information content (AvgIpc) is 2.99. The molecule has 0 radical (unpaired) electrons. The Bertz CT molecular complexity index is 471. The van der Waals surface area contributed by atoms with Gasteiger partial charge in [0.25, 0.3) is 0 Å². The van der Waals surface area contributed by atoms with Crippen molar-refractivity contribution in [2.24, 2.45) is 5.92 Å². The van der Waals surface area contributed by atoms with Crippen molar-refractivity contribution in [1.29, 1.82) is 0 Å². The largest absolute Gasteiger partial charge is 0.493 e. The Hall–Kier alpha value is -1.75. The van der Waals surface area contributed by atoms with Gasteiger partial charge in [0.05, 0.1) is 14.2 Å². The number of amides is 1. The van der Waals surface area contributed by atoms with Crippen LogP contribution in [0.4, 0.5) is 0 Å². The fraction of sp³-hybridized carbons (Fsp3) is 0.562. The molecule has 1 aromatic carbocycles. The molecule has 1 heterocycles. The third-order valence-corrected chi connectivity index (χ3v) is 3.82. The molecule has 0 aliphatic carbocycles. The summed E-state index contributed by atoms with van der Waals surface area (Å²) in [6, 6.07) is 5.83. The van der Waals surface area contributed by atoms with Crippen LogP contribution in [0.1, 0.15) is 18.4 Å². The summed E-state index contributed by atoms with van der Waals surface area (Å²) in [6.07, 6.45) is 2.51. The molecule has 0 saturated carbocycles. The highest BCUT2D eigenvalue weighted by atomic mass is 16.5. The fourth-order valence-electron chi connectivity index (χ4n) is 2.61. The maximum atomic E-state index is 11.8. The van der Waals surface area contributed by atoms with Gasteiger partial charge in [0, 0.05) is 13.0 Å². The number of hydrogen-bond donors (Lipinski definition) is 2. The monoisotopic (exact) mass is 292 g/mol. The van der Waals surface area contributed by atoms with Crippen molar-refractivity contribution in [3.8, 4) is 11.5 Å². The quantitative estimate of drug-likeness (QED) is 0.797. The minimum Gasteiger partial charge on any atom is -0.493 e. The molecule has 116 valence electrons. The van der Waals surface area contributed by atoms with Crippen molar-refractivity contribution < 1.29 is 14.3 Å². The van der Waals surface area contributed by atoms with Gasteiger partial charge < -0.3 is 20.1 Å². The number of carbonyl (C=O) groups is 1. The van der Waals surface area contributed by atoms with E-state index in [2.05, 4.69) is 10.6 Å². The normalized spacial score (nSPS) is 17.5. The highest BCUT2D eigenvalue weighted by molar-refractivity contribution is 5.76. The minimum absolute atomic E-state index is 0.143. The van der Waals surface area contributed by atoms with Gasteiger partial charge >= 0.3 is 0 Å². The topological polar surface area (TPSA) is 59.6 Å². The third-order valence-electron chi connectivity index (χ3n) is 3.82. The second kappa shape index (κ2) is 7.88. The zero-order chi connectivity index (χ0) is 15.1. The smallest absolute Gasteiger partial charge is 0.220 e. The molecular formula is C16H24N2O3. The molecule has 0 spiro atoms. The molecule has 2 N–H and O–H groups in total. The van der Waals surface area contributed by atoms with Gasteiger partial charge in [-0.3, -0.25) is 4.79 Å². The Morgan fingerprint density at radius 2 is 2.14 bits per heavy atom. The van der Waals surface area contributed by atoms with Gasteiger partial charge in [0.1, 0.15) is 0 Å². The van der Waals surface area contributed by atoms with E-state index in [9.17, 15) is 4.79 Å². The summed E-state index contributed by atoms with van der Waals surface area (Å²) in [5.74, 6) is 2.08. The lowest BCUT2D eigenvalue weighted by Crippen LogP contribution is -2.28. The molecule has 1 fully saturated rings. The van der Waals surface area contributed by atoms with Crippen LogP contribution in [0.25, 0.3) is 0 Å². The van der Waals surface area contributed by atoms with Crippen LogP contribution >= 0.6 is 0 Å². The van der Waals surface area contributed by atoms with Crippen LogP contribution in [0, 0.1) is 5.92 Å². The molecule has 5 nitrogen and oxygen atoms in total. The molecule has 0 bridgehead atoms. The molecule has 1 saturated heterocycles. The van der Waals surface area contributed by atoms with Gasteiger partial charge in [-0.2, -0.15) is 0 Å². The number of carbonyl (C=O) groups excluding carboxylic acids is 1. The highest BCUT2D eigenvalue weighted by Gasteiger charge is 2.17. The maximum absolute atomic E-state index is 11.8. The lowest BCUT2D eigenvalue weighted by atomic mass is 10.0. The van der Waals surface area contributed by atoms with E-state index >= 15 is 0 Å². The van der Waals surface area contributed by atoms with E-state index in [1.54, 1.807) is 14.2 Å². The van der Waals surface area contributed by atoms with Gasteiger partial charge in [-0.1, -0.05) is 6.07 Å². The standard InChI is InChI=1S/C16H24N2O3/c1-20-14-4-3-12(9-15(14)21-2)6-8-18-16(19)10-13-5-7-17-11-13/h3-4,9,13,17H,5-8,10-11H2,1-2H3,(H,18,19)/t13-/m1/s1. The molecule has 5 heteroatoms. The molecule has 1 aromatic rings. The predicted octanol–water partition coefficient (Wildman–Crippen LogP) is 1.36. The van der Waals surface area contributed by atoms with Crippen LogP contribution in [0.15, 0.2) is 18.2 Å². The second-order valence-corrected chi connectivity index (χ2v) is 5.35. The lowest BCUT2D eigenvalue weighted by Gasteiger charge is -2.11. The summed E-state index contributed by atoms with van der Waals surface area (Å²) in [7, 11) is 3.24. The third kappa shape index (κ3) is 4.63. The number of ether oxygens (including phenoxy) is 2. The first-order chi connectivity index (χ1) is 10.2. The zero-order valence-electron chi connectivity index (χ0n) is 12.8.